The van der Waals surface area contributed by atoms with Gasteiger partial charge >= 0.3 is 0 Å². The minimum absolute atomic E-state index is 0.514. The maximum absolute atomic E-state index is 6.80. The largest absolute Gasteiger partial charge is 0.362 e. The third-order valence-electron chi connectivity index (χ3n) is 1.55. The first-order valence-corrected chi connectivity index (χ1v) is 3.22. The minimum atomic E-state index is 0.514. The first-order valence-electron chi connectivity index (χ1n) is 3.22. The van der Waals surface area contributed by atoms with Crippen LogP contribution in [0.2, 0.25) is 0 Å². The molecule has 2 aromatic rings. The van der Waals surface area contributed by atoms with Crippen LogP contribution in [0.15, 0.2) is 24.3 Å². The van der Waals surface area contributed by atoms with Gasteiger partial charge in [-0.15, -0.1) is 5.10 Å². The molecule has 0 aliphatic carbocycles. The SMILES string of the molecule is [C-]#[N+]c1[nH]nc2ccccc12. The average Bonchev–Trinajstić information content (AvgIpc) is 2.47. The summed E-state index contributed by atoms with van der Waals surface area (Å²) in [5.74, 6) is 0.514. The minimum Gasteiger partial charge on any atom is -0.362 e. The van der Waals surface area contributed by atoms with Crippen molar-refractivity contribution in [2.24, 2.45) is 0 Å². The van der Waals surface area contributed by atoms with Crippen LogP contribution in [-0.4, -0.2) is 10.2 Å². The third-order valence-corrected chi connectivity index (χ3v) is 1.55. The highest BCUT2D eigenvalue weighted by Crippen LogP contribution is 2.21. The fourth-order valence-electron chi connectivity index (χ4n) is 1.03. The van der Waals surface area contributed by atoms with Crippen LogP contribution in [0.25, 0.3) is 15.7 Å². The number of H-pyrrole nitrogens is 1. The molecule has 0 fully saturated rings. The molecule has 0 saturated carbocycles. The number of nitrogens with zero attached hydrogens (tertiary/aromatic N) is 2. The second kappa shape index (κ2) is 2.10. The number of nitrogens with one attached hydrogen (secondary N) is 1. The van der Waals surface area contributed by atoms with Crippen LogP contribution in [0, 0.1) is 6.57 Å². The Morgan fingerprint density at radius 2 is 2.18 bits per heavy atom. The van der Waals surface area contributed by atoms with Crippen LogP contribution >= 0.6 is 0 Å². The highest BCUT2D eigenvalue weighted by atomic mass is 15.2. The van der Waals surface area contributed by atoms with Crippen molar-refractivity contribution in [2.75, 3.05) is 0 Å². The lowest BCUT2D eigenvalue weighted by Crippen LogP contribution is -1.63. The van der Waals surface area contributed by atoms with Gasteiger partial charge in [0.2, 0.25) is 0 Å². The Balaban J connectivity index is 2.89. The lowest BCUT2D eigenvalue weighted by atomic mass is 10.2. The van der Waals surface area contributed by atoms with Crippen LogP contribution < -0.4 is 0 Å². The van der Waals surface area contributed by atoms with Crippen molar-refractivity contribution in [2.45, 2.75) is 0 Å². The molecular formula is C8H5N3. The lowest BCUT2D eigenvalue weighted by Gasteiger charge is -1.84. The van der Waals surface area contributed by atoms with E-state index in [0.29, 0.717) is 5.82 Å². The summed E-state index contributed by atoms with van der Waals surface area (Å²) in [6.45, 7) is 6.80. The Kier molecular flexibility index (Phi) is 1.13. The predicted molar refractivity (Wildman–Crippen MR) is 42.4 cm³/mol. The molecule has 11 heavy (non-hydrogen) atoms. The quantitative estimate of drug-likeness (QED) is 0.563. The second-order valence-electron chi connectivity index (χ2n) is 2.20. The van der Waals surface area contributed by atoms with Crippen molar-refractivity contribution in [1.82, 2.24) is 10.2 Å². The molecule has 0 atom stereocenters. The Morgan fingerprint density at radius 3 is 3.00 bits per heavy atom. The Labute approximate surface area is 63.5 Å². The van der Waals surface area contributed by atoms with Crippen molar-refractivity contribution >= 4 is 16.7 Å². The van der Waals surface area contributed by atoms with E-state index in [0.717, 1.165) is 10.9 Å². The summed E-state index contributed by atoms with van der Waals surface area (Å²) in [6.07, 6.45) is 0. The van der Waals surface area contributed by atoms with Crippen LogP contribution in [0.3, 0.4) is 0 Å². The smallest absolute Gasteiger partial charge is 0.257 e. The van der Waals surface area contributed by atoms with Crippen molar-refractivity contribution in [3.63, 3.8) is 0 Å². The van der Waals surface area contributed by atoms with Crippen LogP contribution in [0.5, 0.6) is 0 Å². The standard InChI is InChI=1S/C8H5N3/c1-9-8-6-4-2-3-5-7(6)10-11-8/h2-5H,(H,10,11). The monoisotopic (exact) mass is 143 g/mol. The van der Waals surface area contributed by atoms with Crippen molar-refractivity contribution in [3.05, 3.63) is 35.7 Å². The van der Waals surface area contributed by atoms with Crippen molar-refractivity contribution < 1.29 is 0 Å². The van der Waals surface area contributed by atoms with Gasteiger partial charge in [0.25, 0.3) is 5.82 Å². The normalized spacial score (nSPS) is 9.73. The molecule has 52 valence electrons. The van der Waals surface area contributed by atoms with Gasteiger partial charge in [0, 0.05) is 5.39 Å². The van der Waals surface area contributed by atoms with Gasteiger partial charge in [-0.05, 0) is 6.07 Å². The molecule has 0 bridgehead atoms. The van der Waals surface area contributed by atoms with Gasteiger partial charge < -0.3 is 4.85 Å². The summed E-state index contributed by atoms with van der Waals surface area (Å²) in [4.78, 5) is 3.29. The van der Waals surface area contributed by atoms with E-state index < -0.39 is 0 Å². The van der Waals surface area contributed by atoms with Crippen LogP contribution in [0.4, 0.5) is 5.82 Å². The van der Waals surface area contributed by atoms with E-state index in [1.807, 2.05) is 24.3 Å². The number of para-hydroxylation sites is 1. The van der Waals surface area contributed by atoms with Crippen LogP contribution in [-0.2, 0) is 0 Å². The highest BCUT2D eigenvalue weighted by molar-refractivity contribution is 5.89. The number of rotatable bonds is 0. The molecular weight excluding hydrogens is 138 g/mol. The van der Waals surface area contributed by atoms with Gasteiger partial charge in [0.15, 0.2) is 0 Å². The predicted octanol–water partition coefficient (Wildman–Crippen LogP) is 2.11. The summed E-state index contributed by atoms with van der Waals surface area (Å²) in [5.41, 5.74) is 0.846. The summed E-state index contributed by atoms with van der Waals surface area (Å²) >= 11 is 0. The van der Waals surface area contributed by atoms with E-state index >= 15 is 0 Å². The second-order valence-corrected chi connectivity index (χ2v) is 2.20. The van der Waals surface area contributed by atoms with E-state index in [-0.39, 0.29) is 0 Å². The summed E-state index contributed by atoms with van der Waals surface area (Å²) in [5, 5.41) is 7.50. The van der Waals surface area contributed by atoms with Crippen molar-refractivity contribution in [3.8, 4) is 0 Å². The average molecular weight is 143 g/mol. The van der Waals surface area contributed by atoms with Gasteiger partial charge in [-0.3, -0.25) is 0 Å². The summed E-state index contributed by atoms with van der Waals surface area (Å²) in [6, 6.07) is 7.55. The van der Waals surface area contributed by atoms with Gasteiger partial charge in [0.05, 0.1) is 0 Å². The molecule has 0 aliphatic heterocycles. The first kappa shape index (κ1) is 5.93. The zero-order valence-corrected chi connectivity index (χ0v) is 5.70. The van der Waals surface area contributed by atoms with Gasteiger partial charge in [-0.2, -0.15) is 0 Å². The highest BCUT2D eigenvalue weighted by Gasteiger charge is 2.01. The molecule has 1 N–H and O–H groups in total. The Hall–Kier alpha value is -1.82. The number of aromatic amines is 1. The molecule has 2 rings (SSSR count). The molecule has 0 spiro atoms. The van der Waals surface area contributed by atoms with E-state index in [1.54, 1.807) is 0 Å². The summed E-state index contributed by atoms with van der Waals surface area (Å²) in [7, 11) is 0. The fraction of sp³-hybridized carbons (Fsp3) is 0. The number of fused-ring (bicyclic) bond motifs is 1. The van der Waals surface area contributed by atoms with E-state index in [1.165, 1.54) is 0 Å². The zero-order chi connectivity index (χ0) is 7.68. The van der Waals surface area contributed by atoms with Crippen LogP contribution in [0.1, 0.15) is 0 Å². The summed E-state index contributed by atoms with van der Waals surface area (Å²) < 4.78 is 0. The third kappa shape index (κ3) is 0.767. The molecule has 0 saturated heterocycles. The van der Waals surface area contributed by atoms with Gasteiger partial charge in [0.1, 0.15) is 5.52 Å². The molecule has 3 nitrogen and oxygen atoms in total. The molecule has 0 radical (unpaired) electrons. The number of hydrogen-bond donors (Lipinski definition) is 1. The maximum atomic E-state index is 6.80. The first-order chi connectivity index (χ1) is 5.42. The molecule has 1 heterocycles. The van der Waals surface area contributed by atoms with Crippen molar-refractivity contribution in [1.29, 1.82) is 0 Å². The Bertz CT molecular complexity index is 422. The molecule has 0 amide bonds. The molecule has 0 unspecified atom stereocenters. The van der Waals surface area contributed by atoms with E-state index in [4.69, 9.17) is 6.57 Å². The molecule has 1 aromatic heterocycles. The lowest BCUT2D eigenvalue weighted by molar-refractivity contribution is 1.13. The van der Waals surface area contributed by atoms with Gasteiger partial charge in [-0.1, -0.05) is 24.8 Å². The number of aromatic nitrogens is 2. The topological polar surface area (TPSA) is 33.0 Å². The van der Waals surface area contributed by atoms with E-state index in [9.17, 15) is 0 Å². The Morgan fingerprint density at radius 1 is 1.36 bits per heavy atom. The maximum Gasteiger partial charge on any atom is 0.257 e. The number of hydrogen-bond acceptors (Lipinski definition) is 1. The number of benzene rings is 1. The van der Waals surface area contributed by atoms with Gasteiger partial charge in [-0.25, -0.2) is 5.10 Å². The molecule has 1 aromatic carbocycles. The molecule has 3 heteroatoms. The van der Waals surface area contributed by atoms with E-state index in [2.05, 4.69) is 15.0 Å². The molecule has 0 aliphatic rings. The fourth-order valence-corrected chi connectivity index (χ4v) is 1.03. The zero-order valence-electron chi connectivity index (χ0n) is 5.70.